The molecule has 1 unspecified atom stereocenters. The Hall–Kier alpha value is -0.540. The van der Waals surface area contributed by atoms with Crippen LogP contribution in [0.3, 0.4) is 0 Å². The number of aromatic nitrogens is 1. The Morgan fingerprint density at radius 2 is 2.21 bits per heavy atom. The number of rotatable bonds is 4. The van der Waals surface area contributed by atoms with Gasteiger partial charge in [-0.25, -0.2) is 4.98 Å². The highest BCUT2D eigenvalue weighted by molar-refractivity contribution is 7.99. The Balaban J connectivity index is 2.84. The summed E-state index contributed by atoms with van der Waals surface area (Å²) in [5, 5.41) is 1.68. The Morgan fingerprint density at radius 3 is 2.79 bits per heavy atom. The van der Waals surface area contributed by atoms with E-state index in [0.717, 1.165) is 17.0 Å². The van der Waals surface area contributed by atoms with Gasteiger partial charge in [0.1, 0.15) is 5.03 Å². The summed E-state index contributed by atoms with van der Waals surface area (Å²) >= 11 is 1.81. The van der Waals surface area contributed by atoms with Crippen LogP contribution in [0.15, 0.2) is 23.4 Å². The van der Waals surface area contributed by atoms with Gasteiger partial charge in [-0.15, -0.1) is 11.8 Å². The second-order valence-corrected chi connectivity index (χ2v) is 4.95. The Kier molecular flexibility index (Phi) is 4.42. The first kappa shape index (κ1) is 11.5. The lowest BCUT2D eigenvalue weighted by Crippen LogP contribution is -2.08. The Bertz CT molecular complexity index is 286. The van der Waals surface area contributed by atoms with Crippen molar-refractivity contribution in [1.82, 2.24) is 4.98 Å². The summed E-state index contributed by atoms with van der Waals surface area (Å²) < 4.78 is 0. The third-order valence-electron chi connectivity index (χ3n) is 2.18. The van der Waals surface area contributed by atoms with Crippen LogP contribution in [-0.2, 0) is 0 Å². The molecule has 2 atom stereocenters. The largest absolute Gasteiger partial charge is 0.324 e. The van der Waals surface area contributed by atoms with Gasteiger partial charge < -0.3 is 5.73 Å². The number of hydrogen-bond donors (Lipinski definition) is 1. The van der Waals surface area contributed by atoms with Gasteiger partial charge in [0, 0.05) is 23.1 Å². The minimum Gasteiger partial charge on any atom is -0.324 e. The molecule has 3 heteroatoms. The van der Waals surface area contributed by atoms with Gasteiger partial charge in [-0.05, 0) is 19.4 Å². The molecule has 0 amide bonds. The summed E-state index contributed by atoms with van der Waals surface area (Å²) in [5.41, 5.74) is 7.03. The fourth-order valence-electron chi connectivity index (χ4n) is 1.12. The van der Waals surface area contributed by atoms with Crippen molar-refractivity contribution < 1.29 is 0 Å². The normalized spacial score (nSPS) is 15.1. The van der Waals surface area contributed by atoms with Crippen LogP contribution >= 0.6 is 11.8 Å². The molecule has 0 spiro atoms. The number of hydrogen-bond acceptors (Lipinski definition) is 3. The molecule has 0 aliphatic carbocycles. The minimum absolute atomic E-state index is 0.0651. The van der Waals surface area contributed by atoms with Gasteiger partial charge in [0.2, 0.25) is 0 Å². The van der Waals surface area contributed by atoms with Crippen LogP contribution < -0.4 is 5.73 Å². The minimum atomic E-state index is 0.0651. The van der Waals surface area contributed by atoms with Crippen molar-refractivity contribution in [2.75, 3.05) is 0 Å². The second-order valence-electron chi connectivity index (χ2n) is 3.52. The van der Waals surface area contributed by atoms with Crippen LogP contribution in [0.4, 0.5) is 0 Å². The number of thioether (sulfide) groups is 1. The second kappa shape index (κ2) is 5.37. The molecule has 0 fully saturated rings. The molecule has 14 heavy (non-hydrogen) atoms. The van der Waals surface area contributed by atoms with E-state index in [4.69, 9.17) is 5.73 Å². The lowest BCUT2D eigenvalue weighted by atomic mass is 10.2. The van der Waals surface area contributed by atoms with E-state index in [-0.39, 0.29) is 6.04 Å². The number of pyridine rings is 1. The maximum absolute atomic E-state index is 5.88. The monoisotopic (exact) mass is 210 g/mol. The van der Waals surface area contributed by atoms with Gasteiger partial charge in [-0.1, -0.05) is 19.9 Å². The van der Waals surface area contributed by atoms with E-state index in [0.29, 0.717) is 5.25 Å². The molecule has 1 aromatic rings. The molecule has 1 aromatic heterocycles. The molecule has 0 aromatic carbocycles. The number of nitrogens with zero attached hydrogens (tertiary/aromatic N) is 1. The Morgan fingerprint density at radius 1 is 1.50 bits per heavy atom. The molecule has 0 radical (unpaired) electrons. The van der Waals surface area contributed by atoms with Gasteiger partial charge in [-0.2, -0.15) is 0 Å². The van der Waals surface area contributed by atoms with E-state index in [2.05, 4.69) is 24.9 Å². The summed E-state index contributed by atoms with van der Waals surface area (Å²) in [6.45, 7) is 6.40. The SMILES string of the molecule is CCC(C)Sc1ncccc1[C@H](C)N. The highest BCUT2D eigenvalue weighted by atomic mass is 32.2. The van der Waals surface area contributed by atoms with Crippen LogP contribution in [0.2, 0.25) is 0 Å². The molecule has 1 heterocycles. The molecular formula is C11H18N2S. The molecule has 78 valence electrons. The maximum Gasteiger partial charge on any atom is 0.101 e. The molecule has 0 bridgehead atoms. The van der Waals surface area contributed by atoms with Gasteiger partial charge in [0.15, 0.2) is 0 Å². The highest BCUT2D eigenvalue weighted by Gasteiger charge is 2.10. The third-order valence-corrected chi connectivity index (χ3v) is 3.48. The van der Waals surface area contributed by atoms with Crippen LogP contribution in [0.25, 0.3) is 0 Å². The summed E-state index contributed by atoms with van der Waals surface area (Å²) in [4.78, 5) is 4.37. The first-order valence-electron chi connectivity index (χ1n) is 5.02. The molecule has 0 saturated heterocycles. The third kappa shape index (κ3) is 3.00. The zero-order valence-corrected chi connectivity index (χ0v) is 9.84. The fourth-order valence-corrected chi connectivity index (χ4v) is 2.18. The first-order chi connectivity index (χ1) is 6.65. The van der Waals surface area contributed by atoms with Gasteiger partial charge in [0.25, 0.3) is 0 Å². The van der Waals surface area contributed by atoms with Gasteiger partial charge in [-0.3, -0.25) is 0 Å². The van der Waals surface area contributed by atoms with E-state index >= 15 is 0 Å². The molecule has 0 saturated carbocycles. The standard InChI is InChI=1S/C11H18N2S/c1-4-8(2)14-11-10(9(3)12)6-5-7-13-11/h5-9H,4,12H2,1-3H3/t8?,9-/m0/s1. The van der Waals surface area contributed by atoms with E-state index in [1.54, 1.807) is 0 Å². The van der Waals surface area contributed by atoms with Crippen molar-refractivity contribution in [3.05, 3.63) is 23.9 Å². The van der Waals surface area contributed by atoms with E-state index in [1.165, 1.54) is 0 Å². The maximum atomic E-state index is 5.88. The quantitative estimate of drug-likeness (QED) is 0.776. The summed E-state index contributed by atoms with van der Waals surface area (Å²) in [5.74, 6) is 0. The summed E-state index contributed by atoms with van der Waals surface area (Å²) in [7, 11) is 0. The van der Waals surface area contributed by atoms with Crippen LogP contribution in [0.5, 0.6) is 0 Å². The summed E-state index contributed by atoms with van der Waals surface area (Å²) in [6.07, 6.45) is 2.98. The predicted octanol–water partition coefficient (Wildman–Crippen LogP) is 2.99. The van der Waals surface area contributed by atoms with E-state index < -0.39 is 0 Å². The molecular weight excluding hydrogens is 192 g/mol. The average Bonchev–Trinajstić information content (AvgIpc) is 2.18. The van der Waals surface area contributed by atoms with Crippen molar-refractivity contribution in [2.45, 2.75) is 43.5 Å². The van der Waals surface area contributed by atoms with Crippen molar-refractivity contribution in [3.8, 4) is 0 Å². The van der Waals surface area contributed by atoms with Crippen LogP contribution in [-0.4, -0.2) is 10.2 Å². The molecule has 0 aliphatic heterocycles. The lowest BCUT2D eigenvalue weighted by Gasteiger charge is -2.13. The van der Waals surface area contributed by atoms with Crippen molar-refractivity contribution >= 4 is 11.8 Å². The van der Waals surface area contributed by atoms with E-state index in [9.17, 15) is 0 Å². The van der Waals surface area contributed by atoms with Crippen LogP contribution in [0, 0.1) is 0 Å². The molecule has 2 nitrogen and oxygen atoms in total. The zero-order valence-electron chi connectivity index (χ0n) is 9.03. The lowest BCUT2D eigenvalue weighted by molar-refractivity contribution is 0.777. The van der Waals surface area contributed by atoms with Crippen LogP contribution in [0.1, 0.15) is 38.8 Å². The van der Waals surface area contributed by atoms with Gasteiger partial charge >= 0.3 is 0 Å². The molecule has 1 rings (SSSR count). The fraction of sp³-hybridized carbons (Fsp3) is 0.545. The Labute approximate surface area is 90.3 Å². The molecule has 0 aliphatic rings. The highest BCUT2D eigenvalue weighted by Crippen LogP contribution is 2.28. The van der Waals surface area contributed by atoms with Gasteiger partial charge in [0.05, 0.1) is 0 Å². The zero-order chi connectivity index (χ0) is 10.6. The smallest absolute Gasteiger partial charge is 0.101 e. The van der Waals surface area contributed by atoms with E-state index in [1.807, 2.05) is 30.9 Å². The number of nitrogens with two attached hydrogens (primary N) is 1. The summed E-state index contributed by atoms with van der Waals surface area (Å²) in [6, 6.07) is 4.07. The van der Waals surface area contributed by atoms with Crippen molar-refractivity contribution in [2.24, 2.45) is 5.73 Å². The molecule has 2 N–H and O–H groups in total. The van der Waals surface area contributed by atoms with Crippen molar-refractivity contribution in [3.63, 3.8) is 0 Å². The van der Waals surface area contributed by atoms with Crippen molar-refractivity contribution in [1.29, 1.82) is 0 Å². The predicted molar refractivity (Wildman–Crippen MR) is 62.4 cm³/mol. The topological polar surface area (TPSA) is 38.9 Å². The average molecular weight is 210 g/mol. The first-order valence-corrected chi connectivity index (χ1v) is 5.90.